The lowest BCUT2D eigenvalue weighted by Crippen LogP contribution is -2.54. The van der Waals surface area contributed by atoms with E-state index in [1.54, 1.807) is 49.9 Å². The average molecular weight is 544 g/mol. The highest BCUT2D eigenvalue weighted by Crippen LogP contribution is 2.19. The predicted octanol–water partition coefficient (Wildman–Crippen LogP) is 4.21. The van der Waals surface area contributed by atoms with E-state index < -0.39 is 23.6 Å². The number of nitrogens with one attached hydrogen (secondary N) is 3. The van der Waals surface area contributed by atoms with Gasteiger partial charge in [-0.05, 0) is 63.4 Å². The molecule has 0 aliphatic carbocycles. The standard InChI is InChI=1S/C27H31ClFN5O4/c1-27(2,3)38-26(37)31-19-8-10-34(11-9-19)25(36)21(12-16-4-6-18(29)7-5-16)33-24(35)20-13-17-14-23(28)30-15-22(17)32-20/h4-7,13-15,19,21,32H,8-12H2,1-3H3,(H,31,37)(H,33,35). The summed E-state index contributed by atoms with van der Waals surface area (Å²) in [4.78, 5) is 47.5. The Morgan fingerprint density at radius 1 is 1.18 bits per heavy atom. The first-order chi connectivity index (χ1) is 18.0. The zero-order valence-corrected chi connectivity index (χ0v) is 22.3. The number of fused-ring (bicyclic) bond motifs is 1. The van der Waals surface area contributed by atoms with Crippen LogP contribution in [-0.4, -0.2) is 63.5 Å². The zero-order chi connectivity index (χ0) is 27.4. The number of hydrogen-bond acceptors (Lipinski definition) is 5. The number of alkyl carbamates (subject to hydrolysis) is 1. The lowest BCUT2D eigenvalue weighted by molar-refractivity contribution is -0.134. The molecule has 0 bridgehead atoms. The van der Waals surface area contributed by atoms with E-state index in [0.717, 1.165) is 5.39 Å². The van der Waals surface area contributed by atoms with E-state index in [-0.39, 0.29) is 29.9 Å². The molecule has 2 aromatic heterocycles. The fraction of sp³-hybridized carbons (Fsp3) is 0.407. The second-order valence-electron chi connectivity index (χ2n) is 10.4. The molecule has 11 heteroatoms. The van der Waals surface area contributed by atoms with Crippen molar-refractivity contribution in [3.05, 3.63) is 64.8 Å². The summed E-state index contributed by atoms with van der Waals surface area (Å²) in [5.74, 6) is -1.09. The first kappa shape index (κ1) is 27.4. The third-order valence-corrected chi connectivity index (χ3v) is 6.41. The number of pyridine rings is 1. The fourth-order valence-corrected chi connectivity index (χ4v) is 4.52. The molecule has 1 aliphatic heterocycles. The fourth-order valence-electron chi connectivity index (χ4n) is 4.36. The van der Waals surface area contributed by atoms with Crippen molar-refractivity contribution in [3.8, 4) is 0 Å². The summed E-state index contributed by atoms with van der Waals surface area (Å²) in [6, 6.07) is 8.11. The van der Waals surface area contributed by atoms with Gasteiger partial charge in [-0.2, -0.15) is 0 Å². The third kappa shape index (κ3) is 7.22. The third-order valence-electron chi connectivity index (χ3n) is 6.20. The van der Waals surface area contributed by atoms with Crippen LogP contribution < -0.4 is 10.6 Å². The molecule has 1 aliphatic rings. The van der Waals surface area contributed by atoms with Gasteiger partial charge in [0.1, 0.15) is 28.3 Å². The topological polar surface area (TPSA) is 116 Å². The van der Waals surface area contributed by atoms with Crippen LogP contribution in [0.5, 0.6) is 0 Å². The van der Waals surface area contributed by atoms with Crippen LogP contribution in [0.15, 0.2) is 42.6 Å². The Balaban J connectivity index is 1.44. The van der Waals surface area contributed by atoms with E-state index in [9.17, 15) is 18.8 Å². The minimum absolute atomic E-state index is 0.120. The number of likely N-dealkylation sites (tertiary alicyclic amines) is 1. The smallest absolute Gasteiger partial charge is 0.407 e. The molecule has 0 radical (unpaired) electrons. The molecule has 1 atom stereocenters. The van der Waals surface area contributed by atoms with Crippen molar-refractivity contribution in [3.63, 3.8) is 0 Å². The lowest BCUT2D eigenvalue weighted by Gasteiger charge is -2.35. The zero-order valence-electron chi connectivity index (χ0n) is 21.5. The number of carbonyl (C=O) groups is 3. The number of halogens is 2. The second-order valence-corrected chi connectivity index (χ2v) is 10.8. The van der Waals surface area contributed by atoms with Gasteiger partial charge < -0.3 is 25.3 Å². The molecule has 9 nitrogen and oxygen atoms in total. The van der Waals surface area contributed by atoms with Gasteiger partial charge in [-0.25, -0.2) is 14.2 Å². The van der Waals surface area contributed by atoms with E-state index in [2.05, 4.69) is 20.6 Å². The molecule has 3 N–H and O–H groups in total. The Bertz CT molecular complexity index is 1310. The largest absolute Gasteiger partial charge is 0.444 e. The van der Waals surface area contributed by atoms with Crippen LogP contribution in [0.2, 0.25) is 5.15 Å². The summed E-state index contributed by atoms with van der Waals surface area (Å²) in [6.45, 7) is 6.21. The van der Waals surface area contributed by atoms with Crippen molar-refractivity contribution in [1.82, 2.24) is 25.5 Å². The molecule has 4 rings (SSSR count). The molecule has 0 saturated carbocycles. The SMILES string of the molecule is CC(C)(C)OC(=O)NC1CCN(C(=O)C(Cc2ccc(F)cc2)NC(=O)c2cc3cc(Cl)ncc3[nH]2)CC1. The Kier molecular flexibility index (Phi) is 8.20. The van der Waals surface area contributed by atoms with Gasteiger partial charge >= 0.3 is 6.09 Å². The molecule has 1 unspecified atom stereocenters. The molecule has 202 valence electrons. The first-order valence-electron chi connectivity index (χ1n) is 12.4. The Labute approximate surface area is 225 Å². The molecule has 1 fully saturated rings. The van der Waals surface area contributed by atoms with E-state index in [4.69, 9.17) is 16.3 Å². The van der Waals surface area contributed by atoms with Crippen molar-refractivity contribution in [2.24, 2.45) is 0 Å². The minimum Gasteiger partial charge on any atom is -0.444 e. The average Bonchev–Trinajstić information content (AvgIpc) is 3.27. The van der Waals surface area contributed by atoms with Crippen LogP contribution >= 0.6 is 11.6 Å². The molecule has 3 aromatic rings. The summed E-state index contributed by atoms with van der Waals surface area (Å²) in [7, 11) is 0. The van der Waals surface area contributed by atoms with Gasteiger partial charge in [-0.3, -0.25) is 9.59 Å². The summed E-state index contributed by atoms with van der Waals surface area (Å²) in [6.07, 6.45) is 2.34. The molecular weight excluding hydrogens is 513 g/mol. The number of H-pyrrole nitrogens is 1. The number of amides is 3. The van der Waals surface area contributed by atoms with E-state index in [1.165, 1.54) is 18.3 Å². The minimum atomic E-state index is -0.878. The number of aromatic nitrogens is 2. The van der Waals surface area contributed by atoms with Gasteiger partial charge in [0.15, 0.2) is 0 Å². The molecule has 1 aromatic carbocycles. The van der Waals surface area contributed by atoms with Crippen LogP contribution in [0, 0.1) is 5.82 Å². The normalized spacial score (nSPS) is 15.2. The predicted molar refractivity (Wildman–Crippen MR) is 141 cm³/mol. The van der Waals surface area contributed by atoms with Crippen LogP contribution in [0.4, 0.5) is 9.18 Å². The van der Waals surface area contributed by atoms with Crippen molar-refractivity contribution in [2.75, 3.05) is 13.1 Å². The number of rotatable bonds is 6. The summed E-state index contributed by atoms with van der Waals surface area (Å²) >= 11 is 5.95. The highest BCUT2D eigenvalue weighted by Gasteiger charge is 2.31. The molecule has 3 heterocycles. The number of ether oxygens (including phenoxy) is 1. The van der Waals surface area contributed by atoms with Crippen molar-refractivity contribution in [1.29, 1.82) is 0 Å². The molecule has 1 saturated heterocycles. The highest BCUT2D eigenvalue weighted by atomic mass is 35.5. The summed E-state index contributed by atoms with van der Waals surface area (Å²) in [5.41, 5.74) is 1.02. The van der Waals surface area contributed by atoms with Gasteiger partial charge in [0, 0.05) is 30.9 Å². The second kappa shape index (κ2) is 11.4. The maximum Gasteiger partial charge on any atom is 0.407 e. The van der Waals surface area contributed by atoms with Gasteiger partial charge in [0.25, 0.3) is 5.91 Å². The van der Waals surface area contributed by atoms with Crippen LogP contribution in [0.25, 0.3) is 10.9 Å². The Morgan fingerprint density at radius 3 is 2.53 bits per heavy atom. The first-order valence-corrected chi connectivity index (χ1v) is 12.8. The number of aromatic amines is 1. The van der Waals surface area contributed by atoms with E-state index in [1.807, 2.05) is 0 Å². The van der Waals surface area contributed by atoms with Crippen LogP contribution in [-0.2, 0) is 16.0 Å². The number of hydrogen-bond donors (Lipinski definition) is 3. The van der Waals surface area contributed by atoms with Crippen LogP contribution in [0.3, 0.4) is 0 Å². The maximum absolute atomic E-state index is 13.6. The van der Waals surface area contributed by atoms with Gasteiger partial charge in [0.2, 0.25) is 5.91 Å². The highest BCUT2D eigenvalue weighted by molar-refractivity contribution is 6.30. The lowest BCUT2D eigenvalue weighted by atomic mass is 10.0. The number of piperidine rings is 1. The molecular formula is C27H31ClFN5O4. The van der Waals surface area contributed by atoms with E-state index in [0.29, 0.717) is 42.2 Å². The number of nitrogens with zero attached hydrogens (tertiary/aromatic N) is 2. The van der Waals surface area contributed by atoms with Crippen molar-refractivity contribution >= 4 is 40.4 Å². The summed E-state index contributed by atoms with van der Waals surface area (Å²) in [5, 5.41) is 6.72. The van der Waals surface area contributed by atoms with Gasteiger partial charge in [-0.15, -0.1) is 0 Å². The number of carbonyl (C=O) groups excluding carboxylic acids is 3. The number of benzene rings is 1. The quantitative estimate of drug-likeness (QED) is 0.403. The van der Waals surface area contributed by atoms with Crippen LogP contribution in [0.1, 0.15) is 49.7 Å². The van der Waals surface area contributed by atoms with Crippen molar-refractivity contribution in [2.45, 2.75) is 57.7 Å². The van der Waals surface area contributed by atoms with E-state index >= 15 is 0 Å². The monoisotopic (exact) mass is 543 g/mol. The molecule has 3 amide bonds. The van der Waals surface area contributed by atoms with Crippen molar-refractivity contribution < 1.29 is 23.5 Å². The Hall–Kier alpha value is -3.66. The molecule has 0 spiro atoms. The van der Waals surface area contributed by atoms with Gasteiger partial charge in [-0.1, -0.05) is 23.7 Å². The summed E-state index contributed by atoms with van der Waals surface area (Å²) < 4.78 is 18.8. The maximum atomic E-state index is 13.6. The Morgan fingerprint density at radius 2 is 1.87 bits per heavy atom. The van der Waals surface area contributed by atoms with Gasteiger partial charge in [0.05, 0.1) is 11.7 Å². The molecule has 38 heavy (non-hydrogen) atoms.